The van der Waals surface area contributed by atoms with Crippen LogP contribution in [0, 0.1) is 12.8 Å². The minimum absolute atomic E-state index is 0.0512. The first kappa shape index (κ1) is 24.0. The molecule has 0 aliphatic carbocycles. The van der Waals surface area contributed by atoms with Gasteiger partial charge in [-0.3, -0.25) is 9.69 Å². The third-order valence-corrected chi connectivity index (χ3v) is 7.75. The number of hydrogen-bond donors (Lipinski definition) is 1. The van der Waals surface area contributed by atoms with E-state index in [1.54, 1.807) is 18.2 Å². The molecule has 2 aliphatic heterocycles. The van der Waals surface area contributed by atoms with Crippen molar-refractivity contribution in [1.82, 2.24) is 14.5 Å². The molecule has 0 saturated carbocycles. The van der Waals surface area contributed by atoms with Crippen molar-refractivity contribution >= 4 is 15.9 Å². The van der Waals surface area contributed by atoms with Crippen LogP contribution in [-0.4, -0.2) is 82.6 Å². The highest BCUT2D eigenvalue weighted by Gasteiger charge is 2.33. The number of hydrogen-bond acceptors (Lipinski definition) is 6. The number of carbonyl (C=O) groups excluding carboxylic acids is 1. The molecule has 0 aromatic heterocycles. The number of benzene rings is 1. The van der Waals surface area contributed by atoms with Gasteiger partial charge in [-0.25, -0.2) is 8.42 Å². The average Bonchev–Trinajstić information content (AvgIpc) is 2.79. The van der Waals surface area contributed by atoms with Gasteiger partial charge in [0.15, 0.2) is 0 Å². The fraction of sp³-hybridized carbons (Fsp3) is 0.682. The van der Waals surface area contributed by atoms with Crippen LogP contribution in [0.15, 0.2) is 23.1 Å². The second-order valence-electron chi connectivity index (χ2n) is 8.16. The second kappa shape index (κ2) is 11.3. The third kappa shape index (κ3) is 6.41. The summed E-state index contributed by atoms with van der Waals surface area (Å²) >= 11 is 0. The number of amides is 1. The normalized spacial score (nSPS) is 21.0. The average molecular weight is 454 g/mol. The summed E-state index contributed by atoms with van der Waals surface area (Å²) in [5.74, 6) is 0.329. The molecule has 1 aromatic carbocycles. The van der Waals surface area contributed by atoms with Gasteiger partial charge in [0.1, 0.15) is 5.75 Å². The van der Waals surface area contributed by atoms with Crippen LogP contribution in [0.1, 0.15) is 31.7 Å². The molecule has 2 fully saturated rings. The van der Waals surface area contributed by atoms with Crippen molar-refractivity contribution in [3.8, 4) is 5.75 Å². The van der Waals surface area contributed by atoms with Gasteiger partial charge in [-0.15, -0.1) is 0 Å². The van der Waals surface area contributed by atoms with E-state index < -0.39 is 10.0 Å². The lowest BCUT2D eigenvalue weighted by molar-refractivity contribution is -0.126. The fourth-order valence-electron chi connectivity index (χ4n) is 4.11. The summed E-state index contributed by atoms with van der Waals surface area (Å²) in [5.41, 5.74) is 0.787. The molecule has 0 spiro atoms. The molecule has 1 N–H and O–H groups in total. The lowest BCUT2D eigenvalue weighted by atomic mass is 9.99. The topological polar surface area (TPSA) is 88.2 Å². The number of sulfonamides is 1. The van der Waals surface area contributed by atoms with Crippen LogP contribution in [0.3, 0.4) is 0 Å². The number of morpholine rings is 1. The molecule has 1 aromatic rings. The summed E-state index contributed by atoms with van der Waals surface area (Å²) in [5, 5.41) is 3.00. The molecule has 0 unspecified atom stereocenters. The first-order valence-electron chi connectivity index (χ1n) is 11.2. The molecule has 2 aliphatic rings. The molecule has 3 rings (SSSR count). The largest absolute Gasteiger partial charge is 0.494 e. The van der Waals surface area contributed by atoms with Gasteiger partial charge in [0.25, 0.3) is 0 Å². The van der Waals surface area contributed by atoms with E-state index in [9.17, 15) is 13.2 Å². The lowest BCUT2D eigenvalue weighted by Crippen LogP contribution is -2.45. The Morgan fingerprint density at radius 2 is 2.03 bits per heavy atom. The molecular weight excluding hydrogens is 418 g/mol. The third-order valence-electron chi connectivity index (χ3n) is 5.89. The zero-order valence-electron chi connectivity index (χ0n) is 18.6. The van der Waals surface area contributed by atoms with Crippen LogP contribution in [0.2, 0.25) is 0 Å². The Kier molecular flexibility index (Phi) is 8.71. The van der Waals surface area contributed by atoms with Gasteiger partial charge >= 0.3 is 0 Å². The molecule has 0 bridgehead atoms. The predicted octanol–water partition coefficient (Wildman–Crippen LogP) is 1.63. The molecule has 1 amide bonds. The number of nitrogens with one attached hydrogen (secondary N) is 1. The van der Waals surface area contributed by atoms with Gasteiger partial charge in [-0.2, -0.15) is 4.31 Å². The molecule has 2 saturated heterocycles. The van der Waals surface area contributed by atoms with Gasteiger partial charge in [0.05, 0.1) is 30.6 Å². The maximum Gasteiger partial charge on any atom is 0.243 e. The first-order valence-corrected chi connectivity index (χ1v) is 12.7. The summed E-state index contributed by atoms with van der Waals surface area (Å²) in [6.07, 6.45) is 2.27. The van der Waals surface area contributed by atoms with Crippen LogP contribution in [-0.2, 0) is 19.6 Å². The minimum atomic E-state index is -3.64. The van der Waals surface area contributed by atoms with E-state index in [0.717, 1.165) is 44.8 Å². The Hall–Kier alpha value is -1.68. The second-order valence-corrected chi connectivity index (χ2v) is 10.1. The van der Waals surface area contributed by atoms with Gasteiger partial charge in [-0.05, 0) is 63.4 Å². The Bertz CT molecular complexity index is 840. The zero-order chi connectivity index (χ0) is 22.3. The van der Waals surface area contributed by atoms with Crippen LogP contribution in [0.5, 0.6) is 5.75 Å². The molecule has 8 nitrogen and oxygen atoms in total. The van der Waals surface area contributed by atoms with Crippen LogP contribution >= 0.6 is 0 Å². The number of piperidine rings is 1. The summed E-state index contributed by atoms with van der Waals surface area (Å²) in [4.78, 5) is 15.2. The van der Waals surface area contributed by atoms with E-state index in [1.807, 2.05) is 13.8 Å². The van der Waals surface area contributed by atoms with E-state index in [2.05, 4.69) is 10.2 Å². The van der Waals surface area contributed by atoms with E-state index in [-0.39, 0.29) is 23.3 Å². The number of ether oxygens (including phenoxy) is 2. The van der Waals surface area contributed by atoms with Crippen molar-refractivity contribution in [2.75, 3.05) is 59.1 Å². The van der Waals surface area contributed by atoms with Crippen molar-refractivity contribution < 1.29 is 22.7 Å². The zero-order valence-corrected chi connectivity index (χ0v) is 19.5. The smallest absolute Gasteiger partial charge is 0.243 e. The predicted molar refractivity (Wildman–Crippen MR) is 119 cm³/mol. The lowest BCUT2D eigenvalue weighted by Gasteiger charge is -2.31. The highest BCUT2D eigenvalue weighted by atomic mass is 32.2. The highest BCUT2D eigenvalue weighted by molar-refractivity contribution is 7.89. The number of rotatable bonds is 9. The van der Waals surface area contributed by atoms with Gasteiger partial charge < -0.3 is 14.8 Å². The van der Waals surface area contributed by atoms with Gasteiger partial charge in [0, 0.05) is 32.7 Å². The molecule has 9 heteroatoms. The molecule has 2 heterocycles. The quantitative estimate of drug-likeness (QED) is 0.572. The molecular formula is C22H35N3O5S. The highest BCUT2D eigenvalue weighted by Crippen LogP contribution is 2.27. The molecule has 31 heavy (non-hydrogen) atoms. The number of aryl methyl sites for hydroxylation is 1. The van der Waals surface area contributed by atoms with E-state index >= 15 is 0 Å². The summed E-state index contributed by atoms with van der Waals surface area (Å²) in [7, 11) is -3.64. The Morgan fingerprint density at radius 3 is 2.74 bits per heavy atom. The maximum atomic E-state index is 13.1. The van der Waals surface area contributed by atoms with Crippen LogP contribution in [0.4, 0.5) is 0 Å². The molecule has 0 radical (unpaired) electrons. The first-order chi connectivity index (χ1) is 14.9. The van der Waals surface area contributed by atoms with Gasteiger partial charge in [0.2, 0.25) is 15.9 Å². The SMILES string of the molecule is CCOc1ccc(S(=O)(=O)N2CCC[C@@H](C(=O)NCCCN3CCOCC3)C2)cc1C. The monoisotopic (exact) mass is 453 g/mol. The van der Waals surface area contributed by atoms with Crippen LogP contribution < -0.4 is 10.1 Å². The summed E-state index contributed by atoms with van der Waals surface area (Å²) < 4.78 is 38.6. The number of carbonyl (C=O) groups is 1. The summed E-state index contributed by atoms with van der Waals surface area (Å²) in [6, 6.07) is 4.94. The van der Waals surface area contributed by atoms with Crippen LogP contribution in [0.25, 0.3) is 0 Å². The van der Waals surface area contributed by atoms with Crippen molar-refractivity contribution in [2.24, 2.45) is 5.92 Å². The Morgan fingerprint density at radius 1 is 1.26 bits per heavy atom. The van der Waals surface area contributed by atoms with Crippen molar-refractivity contribution in [3.63, 3.8) is 0 Å². The molecule has 174 valence electrons. The maximum absolute atomic E-state index is 13.1. The van der Waals surface area contributed by atoms with Crippen molar-refractivity contribution in [2.45, 2.75) is 38.0 Å². The van der Waals surface area contributed by atoms with E-state index in [1.165, 1.54) is 4.31 Å². The fourth-order valence-corrected chi connectivity index (χ4v) is 5.72. The van der Waals surface area contributed by atoms with Crippen molar-refractivity contribution in [3.05, 3.63) is 23.8 Å². The summed E-state index contributed by atoms with van der Waals surface area (Å²) in [6.45, 7) is 9.89. The van der Waals surface area contributed by atoms with Gasteiger partial charge in [-0.1, -0.05) is 0 Å². The number of nitrogens with zero attached hydrogens (tertiary/aromatic N) is 2. The Balaban J connectivity index is 1.52. The van der Waals surface area contributed by atoms with Crippen molar-refractivity contribution in [1.29, 1.82) is 0 Å². The van der Waals surface area contributed by atoms with E-state index in [4.69, 9.17) is 9.47 Å². The Labute approximate surface area is 185 Å². The molecule has 1 atom stereocenters. The standard InChI is InChI=1S/C22H35N3O5S/c1-3-30-21-8-7-20(16-18(21)2)31(27,28)25-11-4-6-19(17-25)22(26)23-9-5-10-24-12-14-29-15-13-24/h7-8,16,19H,3-6,9-15,17H2,1-2H3,(H,23,26)/t19-/m1/s1. The van der Waals surface area contributed by atoms with E-state index in [0.29, 0.717) is 38.3 Å². The minimum Gasteiger partial charge on any atom is -0.494 e.